The van der Waals surface area contributed by atoms with Gasteiger partial charge in [-0.25, -0.2) is 4.79 Å². The summed E-state index contributed by atoms with van der Waals surface area (Å²) in [5, 5.41) is 5.69. The van der Waals surface area contributed by atoms with Crippen molar-refractivity contribution in [3.8, 4) is 0 Å². The maximum Gasteiger partial charge on any atom is 0.408 e. The van der Waals surface area contributed by atoms with Gasteiger partial charge in [-0.15, -0.1) is 0 Å². The first kappa shape index (κ1) is 34.9. The average molecular weight is 561 g/mol. The van der Waals surface area contributed by atoms with Gasteiger partial charge in [0.1, 0.15) is 17.7 Å². The fourth-order valence-corrected chi connectivity index (χ4v) is 4.46. The average Bonchev–Trinajstić information content (AvgIpc) is 2.86. The number of nitrogens with zero attached hydrogens (tertiary/aromatic N) is 1. The molecule has 0 saturated heterocycles. The van der Waals surface area contributed by atoms with Gasteiger partial charge in [0.2, 0.25) is 17.7 Å². The first-order chi connectivity index (χ1) is 18.8. The molecule has 226 valence electrons. The topological polar surface area (TPSA) is 131 Å². The van der Waals surface area contributed by atoms with Gasteiger partial charge >= 0.3 is 6.09 Å². The molecule has 0 aliphatic carbocycles. The van der Waals surface area contributed by atoms with Crippen LogP contribution in [-0.2, 0) is 19.1 Å². The van der Waals surface area contributed by atoms with Crippen molar-refractivity contribution in [3.05, 3.63) is 34.9 Å². The molecule has 0 aliphatic heterocycles. The smallest absolute Gasteiger partial charge is 0.408 e. The summed E-state index contributed by atoms with van der Waals surface area (Å²) >= 11 is 0. The van der Waals surface area contributed by atoms with Gasteiger partial charge in [0.25, 0.3) is 0 Å². The van der Waals surface area contributed by atoms with Crippen molar-refractivity contribution >= 4 is 23.8 Å². The second kappa shape index (κ2) is 17.6. The minimum Gasteiger partial charge on any atom is -0.444 e. The molecule has 2 unspecified atom stereocenters. The lowest BCUT2D eigenvalue weighted by molar-refractivity contribution is -0.142. The number of amides is 4. The van der Waals surface area contributed by atoms with Crippen molar-refractivity contribution in [2.24, 2.45) is 5.73 Å². The van der Waals surface area contributed by atoms with E-state index >= 15 is 0 Å². The molecule has 0 bridgehead atoms. The van der Waals surface area contributed by atoms with Crippen LogP contribution >= 0.6 is 0 Å². The van der Waals surface area contributed by atoms with Crippen LogP contribution in [0, 0.1) is 13.8 Å². The Bertz CT molecular complexity index is 973. The van der Waals surface area contributed by atoms with Crippen molar-refractivity contribution in [2.45, 2.75) is 124 Å². The fourth-order valence-electron chi connectivity index (χ4n) is 4.46. The number of nitrogens with two attached hydrogens (primary N) is 1. The van der Waals surface area contributed by atoms with Crippen molar-refractivity contribution in [2.75, 3.05) is 13.1 Å². The number of carbonyl (C=O) groups excluding carboxylic acids is 4. The van der Waals surface area contributed by atoms with E-state index in [1.807, 2.05) is 32.0 Å². The van der Waals surface area contributed by atoms with Gasteiger partial charge in [-0.3, -0.25) is 14.4 Å². The Kier molecular flexibility index (Phi) is 15.3. The molecule has 0 aliphatic rings. The van der Waals surface area contributed by atoms with Crippen molar-refractivity contribution in [3.63, 3.8) is 0 Å². The number of hydrogen-bond acceptors (Lipinski definition) is 5. The molecule has 1 aromatic rings. The van der Waals surface area contributed by atoms with Gasteiger partial charge < -0.3 is 26.0 Å². The molecule has 0 spiro atoms. The monoisotopic (exact) mass is 560 g/mol. The first-order valence-corrected chi connectivity index (χ1v) is 14.7. The van der Waals surface area contributed by atoms with Gasteiger partial charge in [-0.2, -0.15) is 0 Å². The summed E-state index contributed by atoms with van der Waals surface area (Å²) in [6.45, 7) is 14.1. The van der Waals surface area contributed by atoms with E-state index in [1.165, 1.54) is 0 Å². The van der Waals surface area contributed by atoms with Gasteiger partial charge in [-0.1, -0.05) is 69.7 Å². The van der Waals surface area contributed by atoms with E-state index in [-0.39, 0.29) is 18.7 Å². The molecule has 0 saturated carbocycles. The Balaban J connectivity index is 3.54. The highest BCUT2D eigenvalue weighted by Gasteiger charge is 2.36. The summed E-state index contributed by atoms with van der Waals surface area (Å²) < 4.78 is 5.41. The van der Waals surface area contributed by atoms with Gasteiger partial charge in [-0.05, 0) is 65.0 Å². The number of rotatable bonds is 17. The predicted molar refractivity (Wildman–Crippen MR) is 159 cm³/mol. The third-order valence-corrected chi connectivity index (χ3v) is 6.57. The van der Waals surface area contributed by atoms with Crippen molar-refractivity contribution in [1.29, 1.82) is 0 Å². The van der Waals surface area contributed by atoms with Crippen LogP contribution in [-0.4, -0.2) is 53.4 Å². The third-order valence-electron chi connectivity index (χ3n) is 6.57. The number of benzene rings is 1. The van der Waals surface area contributed by atoms with Crippen LogP contribution in [0.5, 0.6) is 0 Å². The molecule has 1 rings (SSSR count). The van der Waals surface area contributed by atoms with E-state index in [1.54, 1.807) is 25.7 Å². The Labute approximate surface area is 241 Å². The summed E-state index contributed by atoms with van der Waals surface area (Å²) in [7, 11) is 0. The van der Waals surface area contributed by atoms with E-state index in [9.17, 15) is 19.2 Å². The first-order valence-electron chi connectivity index (χ1n) is 14.7. The standard InChI is InChI=1S/C31H52N4O5/c1-8-10-12-14-20-35(29(38)25(17-18-26(32)36)34-30(39)40-31(5,6)7)27(28(37)33-19-13-11-9-2)24-21-22(3)15-16-23(24)4/h15-16,21,25,27H,8-14,17-20H2,1-7H3,(H2,32,36)(H,33,37)(H,34,39). The van der Waals surface area contributed by atoms with E-state index < -0.39 is 35.6 Å². The number of aryl methyl sites for hydroxylation is 2. The molecule has 0 radical (unpaired) electrons. The highest BCUT2D eigenvalue weighted by atomic mass is 16.6. The number of hydrogen-bond donors (Lipinski definition) is 3. The third kappa shape index (κ3) is 12.8. The highest BCUT2D eigenvalue weighted by Crippen LogP contribution is 2.28. The Morgan fingerprint density at radius 1 is 0.975 bits per heavy atom. The lowest BCUT2D eigenvalue weighted by Crippen LogP contribution is -2.53. The molecule has 0 heterocycles. The van der Waals surface area contributed by atoms with E-state index in [4.69, 9.17) is 10.5 Å². The lowest BCUT2D eigenvalue weighted by atomic mass is 9.95. The number of carbonyl (C=O) groups is 4. The Hall–Kier alpha value is -3.10. The van der Waals surface area contributed by atoms with Crippen molar-refractivity contribution in [1.82, 2.24) is 15.5 Å². The minimum absolute atomic E-state index is 0.00346. The van der Waals surface area contributed by atoms with Crippen molar-refractivity contribution < 1.29 is 23.9 Å². The van der Waals surface area contributed by atoms with Crippen LogP contribution in [0.3, 0.4) is 0 Å². The summed E-state index contributed by atoms with van der Waals surface area (Å²) in [5.74, 6) is -1.30. The fraction of sp³-hybridized carbons (Fsp3) is 0.677. The lowest BCUT2D eigenvalue weighted by Gasteiger charge is -2.35. The SMILES string of the molecule is CCCCCCN(C(=O)C(CCC(N)=O)NC(=O)OC(C)(C)C)C(C(=O)NCCCCC)c1cc(C)ccc1C. The summed E-state index contributed by atoms with van der Waals surface area (Å²) in [6.07, 6.45) is 5.58. The maximum atomic E-state index is 14.2. The summed E-state index contributed by atoms with van der Waals surface area (Å²) in [5.41, 5.74) is 7.23. The number of nitrogens with one attached hydrogen (secondary N) is 2. The molecule has 0 fully saturated rings. The van der Waals surface area contributed by atoms with E-state index in [0.29, 0.717) is 19.5 Å². The molecule has 2 atom stereocenters. The van der Waals surface area contributed by atoms with Gasteiger partial charge in [0, 0.05) is 19.5 Å². The molecule has 0 aromatic heterocycles. The highest BCUT2D eigenvalue weighted by molar-refractivity contribution is 5.92. The van der Waals surface area contributed by atoms with Crippen LogP contribution in [0.15, 0.2) is 18.2 Å². The van der Waals surface area contributed by atoms with Gasteiger partial charge in [0.05, 0.1) is 0 Å². The molecule has 40 heavy (non-hydrogen) atoms. The number of primary amides is 1. The number of ether oxygens (including phenoxy) is 1. The van der Waals surface area contributed by atoms with E-state index in [2.05, 4.69) is 24.5 Å². The quantitative estimate of drug-likeness (QED) is 0.225. The minimum atomic E-state index is -1.09. The number of alkyl carbamates (subject to hydrolysis) is 1. The van der Waals surface area contributed by atoms with E-state index in [0.717, 1.165) is 55.2 Å². The second-order valence-corrected chi connectivity index (χ2v) is 11.6. The molecule has 1 aromatic carbocycles. The van der Waals surface area contributed by atoms with Crippen LogP contribution < -0.4 is 16.4 Å². The molecule has 4 N–H and O–H groups in total. The normalized spacial score (nSPS) is 12.8. The summed E-state index contributed by atoms with van der Waals surface area (Å²) in [6, 6.07) is 3.88. The maximum absolute atomic E-state index is 14.2. The Morgan fingerprint density at radius 2 is 1.62 bits per heavy atom. The zero-order chi connectivity index (χ0) is 30.3. The Morgan fingerprint density at radius 3 is 2.23 bits per heavy atom. The molecular formula is C31H52N4O5. The van der Waals surface area contributed by atoms with Crippen LogP contribution in [0.1, 0.15) is 115 Å². The van der Waals surface area contributed by atoms with Crippen LogP contribution in [0.2, 0.25) is 0 Å². The second-order valence-electron chi connectivity index (χ2n) is 11.6. The summed E-state index contributed by atoms with van der Waals surface area (Å²) in [4.78, 5) is 54.0. The van der Waals surface area contributed by atoms with Crippen LogP contribution in [0.25, 0.3) is 0 Å². The molecule has 4 amide bonds. The predicted octanol–water partition coefficient (Wildman–Crippen LogP) is 5.22. The number of unbranched alkanes of at least 4 members (excludes halogenated alkanes) is 5. The zero-order valence-corrected chi connectivity index (χ0v) is 25.7. The zero-order valence-electron chi connectivity index (χ0n) is 25.7. The largest absolute Gasteiger partial charge is 0.444 e. The van der Waals surface area contributed by atoms with Gasteiger partial charge in [0.15, 0.2) is 0 Å². The van der Waals surface area contributed by atoms with Crippen LogP contribution in [0.4, 0.5) is 4.79 Å². The molecule has 9 nitrogen and oxygen atoms in total. The molecule has 9 heteroatoms. The molecular weight excluding hydrogens is 508 g/mol.